The quantitative estimate of drug-likeness (QED) is 0.270. The molecule has 0 aromatic heterocycles. The van der Waals surface area contributed by atoms with Gasteiger partial charge in [-0.15, -0.1) is 0 Å². The maximum absolute atomic E-state index is 2.88. The third-order valence-electron chi connectivity index (χ3n) is 9.84. The number of halogens is 2. The molecule has 0 nitrogen and oxygen atoms in total. The number of hydrogen-bond donors (Lipinski definition) is 0. The van der Waals surface area contributed by atoms with E-state index in [9.17, 15) is 0 Å². The molecule has 6 rings (SSSR count). The number of fused-ring (bicyclic) bond motifs is 3. The van der Waals surface area contributed by atoms with Crippen LogP contribution in [0, 0.1) is 11.3 Å². The van der Waals surface area contributed by atoms with Gasteiger partial charge in [-0.25, -0.2) is 0 Å². The van der Waals surface area contributed by atoms with Gasteiger partial charge in [0, 0.05) is 0 Å². The van der Waals surface area contributed by atoms with Crippen molar-refractivity contribution in [1.82, 2.24) is 0 Å². The molecule has 1 unspecified atom stereocenters. The van der Waals surface area contributed by atoms with Gasteiger partial charge in [0.1, 0.15) is 0 Å². The van der Waals surface area contributed by atoms with Gasteiger partial charge >= 0.3 is 283 Å². The molecule has 0 bridgehead atoms. The van der Waals surface area contributed by atoms with Gasteiger partial charge in [-0.1, -0.05) is 0 Å². The summed E-state index contributed by atoms with van der Waals surface area (Å²) in [5, 5.41) is 3.17. The number of allylic oxidation sites excluding steroid dienone is 4. The molecule has 0 N–H and O–H groups in total. The van der Waals surface area contributed by atoms with Gasteiger partial charge in [0.25, 0.3) is 0 Å². The fourth-order valence-electron chi connectivity index (χ4n) is 7.13. The van der Waals surface area contributed by atoms with Gasteiger partial charge in [-0.3, -0.25) is 0 Å². The fraction of sp³-hybridized carbons (Fsp3) is 0.349. The Balaban J connectivity index is 0.00000250. The van der Waals surface area contributed by atoms with Gasteiger partial charge in [0.05, 0.1) is 0 Å². The van der Waals surface area contributed by atoms with E-state index in [1.807, 2.05) is 3.33 Å². The standard InChI is InChI=1S/C21H25.C12H10Si.C10H15.2ClH.Hf/c1-20(2,3)16-9-7-14-11-15-8-10-17(21(4,5)6)13-19(15)18(14)12-16;1-3-7-11(8-4-1)13-12-9-5-2-6-10-12;1-8-5-6-9(7-8)10(2,3)4;;;/h7-13H,1-6H3;1-10H;6-8H,1-4H3;2*1H;/q;;;;;+2/p-2. The summed E-state index contributed by atoms with van der Waals surface area (Å²) in [6.45, 7) is 23.8. The number of benzene rings is 4. The van der Waals surface area contributed by atoms with E-state index >= 15 is 0 Å². The normalized spacial score (nSPS) is 15.7. The van der Waals surface area contributed by atoms with Crippen LogP contribution in [0.5, 0.6) is 0 Å². The van der Waals surface area contributed by atoms with Crippen LogP contribution < -0.4 is 35.2 Å². The van der Waals surface area contributed by atoms with E-state index in [4.69, 9.17) is 0 Å². The second-order valence-corrected chi connectivity index (χ2v) is 35.1. The molecular weight excluding hydrogens is 794 g/mol. The van der Waals surface area contributed by atoms with Crippen LogP contribution in [0.3, 0.4) is 0 Å². The molecule has 4 aromatic rings. The summed E-state index contributed by atoms with van der Waals surface area (Å²) < 4.78 is 2.31. The van der Waals surface area contributed by atoms with Crippen LogP contribution >= 0.6 is 0 Å². The van der Waals surface area contributed by atoms with Gasteiger partial charge in [-0.05, 0) is 0 Å². The summed E-state index contributed by atoms with van der Waals surface area (Å²) in [5.74, 6) is 0.490. The molecule has 0 saturated carbocycles. The zero-order valence-corrected chi connectivity index (χ0v) is 35.9. The summed E-state index contributed by atoms with van der Waals surface area (Å²) in [6, 6.07) is 38.4. The maximum Gasteiger partial charge on any atom is -1.00 e. The fourth-order valence-corrected chi connectivity index (χ4v) is 39.7. The van der Waals surface area contributed by atoms with E-state index in [0.29, 0.717) is 9.59 Å². The Hall–Kier alpha value is -1.97. The Labute approximate surface area is 305 Å². The van der Waals surface area contributed by atoms with E-state index in [2.05, 4.69) is 178 Å². The van der Waals surface area contributed by atoms with Crippen molar-refractivity contribution >= 4 is 15.9 Å². The minimum Gasteiger partial charge on any atom is -1.00 e. The first-order chi connectivity index (χ1) is 21.1. The molecule has 47 heavy (non-hydrogen) atoms. The molecular formula is C43H50Cl2HfSi. The minimum absolute atomic E-state index is 0. The average Bonchev–Trinajstić information content (AvgIpc) is 3.53. The molecule has 4 aromatic carbocycles. The van der Waals surface area contributed by atoms with Crippen molar-refractivity contribution in [3.05, 3.63) is 140 Å². The van der Waals surface area contributed by atoms with Crippen molar-refractivity contribution in [2.75, 3.05) is 0 Å². The molecule has 0 amide bonds. The first-order valence-electron chi connectivity index (χ1n) is 16.7. The van der Waals surface area contributed by atoms with Crippen LogP contribution in [0.15, 0.2) is 118 Å². The second kappa shape index (κ2) is 14.1. The van der Waals surface area contributed by atoms with Crippen molar-refractivity contribution in [3.8, 4) is 11.1 Å². The summed E-state index contributed by atoms with van der Waals surface area (Å²) in [5.41, 5.74) is 9.88. The van der Waals surface area contributed by atoms with Crippen molar-refractivity contribution < 1.29 is 44.9 Å². The molecule has 0 heterocycles. The van der Waals surface area contributed by atoms with Crippen LogP contribution in [0.2, 0.25) is 0 Å². The Morgan fingerprint density at radius 1 is 0.553 bits per heavy atom. The van der Waals surface area contributed by atoms with Gasteiger partial charge in [0.2, 0.25) is 0 Å². The summed E-state index contributed by atoms with van der Waals surface area (Å²) in [7, 11) is 0. The van der Waals surface area contributed by atoms with Crippen molar-refractivity contribution in [2.45, 2.75) is 83.7 Å². The van der Waals surface area contributed by atoms with E-state index in [1.54, 1.807) is 21.5 Å². The Morgan fingerprint density at radius 3 is 1.34 bits per heavy atom. The van der Waals surface area contributed by atoms with E-state index in [1.165, 1.54) is 27.8 Å². The third kappa shape index (κ3) is 7.47. The van der Waals surface area contributed by atoms with Gasteiger partial charge < -0.3 is 24.8 Å². The SMILES string of the molecule is CC1C=C(C(C)(C)C)C=[C]1[Hf+2]([CH]1c2ccc(C(C)(C)C)cc2-c2cc(C(C)(C)C)ccc21)=[Si](c1ccccc1)c1ccccc1.[Cl-].[Cl-]. The average molecular weight is 844 g/mol. The number of rotatable bonds is 4. The Morgan fingerprint density at radius 2 is 0.979 bits per heavy atom. The first-order valence-corrected chi connectivity index (χ1v) is 27.5. The molecule has 244 valence electrons. The van der Waals surface area contributed by atoms with E-state index in [0.717, 1.165) is 0 Å². The maximum atomic E-state index is 2.70. The topological polar surface area (TPSA) is 0 Å². The molecule has 0 spiro atoms. The largest absolute Gasteiger partial charge is 1.00 e. The van der Waals surface area contributed by atoms with Crippen LogP contribution in [-0.2, 0) is 30.9 Å². The predicted molar refractivity (Wildman–Crippen MR) is 194 cm³/mol. The van der Waals surface area contributed by atoms with Crippen molar-refractivity contribution in [3.63, 3.8) is 0 Å². The van der Waals surface area contributed by atoms with Gasteiger partial charge in [-0.2, -0.15) is 0 Å². The van der Waals surface area contributed by atoms with Crippen LogP contribution in [0.1, 0.15) is 95.2 Å². The zero-order chi connectivity index (χ0) is 32.3. The van der Waals surface area contributed by atoms with Crippen molar-refractivity contribution in [2.24, 2.45) is 11.3 Å². The molecule has 0 aliphatic heterocycles. The van der Waals surface area contributed by atoms with E-state index in [-0.39, 0.29) is 41.1 Å². The Bertz CT molecular complexity index is 1740. The second-order valence-electron chi connectivity index (χ2n) is 16.3. The van der Waals surface area contributed by atoms with E-state index < -0.39 is 25.6 Å². The monoisotopic (exact) mass is 844 g/mol. The van der Waals surface area contributed by atoms with Crippen LogP contribution in [0.25, 0.3) is 11.1 Å². The van der Waals surface area contributed by atoms with Crippen LogP contribution in [-0.4, -0.2) is 5.49 Å². The third-order valence-corrected chi connectivity index (χ3v) is 37.7. The molecule has 4 heteroatoms. The van der Waals surface area contributed by atoms with Gasteiger partial charge in [0.15, 0.2) is 0 Å². The number of hydrogen-bond acceptors (Lipinski definition) is 0. The van der Waals surface area contributed by atoms with Crippen LogP contribution in [0.4, 0.5) is 0 Å². The molecule has 2 aliphatic carbocycles. The predicted octanol–water partition coefficient (Wildman–Crippen LogP) is 4.29. The molecule has 2 aliphatic rings. The molecule has 0 fully saturated rings. The Kier molecular flexibility index (Phi) is 11.4. The first kappa shape index (κ1) is 37.8. The molecule has 0 radical (unpaired) electrons. The zero-order valence-electron chi connectivity index (χ0n) is 29.8. The summed E-state index contributed by atoms with van der Waals surface area (Å²) >= 11 is -2.88. The molecule has 0 saturated heterocycles. The van der Waals surface area contributed by atoms with Crippen molar-refractivity contribution in [1.29, 1.82) is 0 Å². The summed E-state index contributed by atoms with van der Waals surface area (Å²) in [6.07, 6.45) is 5.31. The summed E-state index contributed by atoms with van der Waals surface area (Å²) in [4.78, 5) is 0. The minimum atomic E-state index is -2.88. The smallest absolute Gasteiger partial charge is 1.00 e. The molecule has 1 atom stereocenters.